The first-order chi connectivity index (χ1) is 20.8. The maximum absolute atomic E-state index is 12.3. The van der Waals surface area contributed by atoms with Crippen molar-refractivity contribution in [3.63, 3.8) is 0 Å². The Hall–Kier alpha value is -2.73. The molecule has 1 atom stereocenters. The number of alkyl halides is 6. The molecule has 2 amide bonds. The smallest absolute Gasteiger partial charge is 0.422 e. The summed E-state index contributed by atoms with van der Waals surface area (Å²) < 4.78 is 81.5. The third-order valence-corrected chi connectivity index (χ3v) is 7.41. The zero-order chi connectivity index (χ0) is 33.6. The summed E-state index contributed by atoms with van der Waals surface area (Å²) in [7, 11) is -2.11. The van der Waals surface area contributed by atoms with Gasteiger partial charge >= 0.3 is 12.2 Å². The Morgan fingerprint density at radius 2 is 1.62 bits per heavy atom. The van der Waals surface area contributed by atoms with Crippen LogP contribution in [0.1, 0.15) is 12.0 Å². The highest BCUT2D eigenvalue weighted by atomic mass is 35.6. The minimum Gasteiger partial charge on any atom is -0.481 e. The van der Waals surface area contributed by atoms with Crippen molar-refractivity contribution < 1.29 is 45.3 Å². The van der Waals surface area contributed by atoms with E-state index in [0.717, 1.165) is 17.8 Å². The average Bonchev–Trinajstić information content (AvgIpc) is 3.70. The second-order valence-corrected chi connectivity index (χ2v) is 13.8. The summed E-state index contributed by atoms with van der Waals surface area (Å²) in [6, 6.07) is 7.32. The summed E-state index contributed by atoms with van der Waals surface area (Å²) in [5.41, 5.74) is 0.288. The fourth-order valence-corrected chi connectivity index (χ4v) is 5.57. The van der Waals surface area contributed by atoms with Gasteiger partial charge in [-0.05, 0) is 35.9 Å². The van der Waals surface area contributed by atoms with Crippen molar-refractivity contribution in [2.45, 2.75) is 27.0 Å². The number of methoxy groups -OCH3 is 2. The number of rotatable bonds is 9. The molecule has 0 bridgehead atoms. The van der Waals surface area contributed by atoms with Crippen LogP contribution < -0.4 is 24.2 Å². The molecule has 45 heavy (non-hydrogen) atoms. The van der Waals surface area contributed by atoms with Gasteiger partial charge in [0.2, 0.25) is 22.7 Å². The molecule has 21 heteroatoms. The molecule has 1 saturated heterocycles. The zero-order valence-corrected chi connectivity index (χ0v) is 27.4. The van der Waals surface area contributed by atoms with E-state index in [9.17, 15) is 26.4 Å². The van der Waals surface area contributed by atoms with Gasteiger partial charge in [0.15, 0.2) is 16.1 Å². The van der Waals surface area contributed by atoms with Crippen molar-refractivity contribution in [1.29, 1.82) is 0 Å². The van der Waals surface area contributed by atoms with E-state index in [1.54, 1.807) is 22.9 Å². The fourth-order valence-electron chi connectivity index (χ4n) is 3.41. The number of amides is 2. The van der Waals surface area contributed by atoms with Crippen LogP contribution in [0.4, 0.5) is 23.9 Å². The average molecular weight is 758 g/mol. The number of benzene rings is 1. The van der Waals surface area contributed by atoms with E-state index in [4.69, 9.17) is 72.2 Å². The fraction of sp³-hybridized carbons (Fsp3) is 0.333. The molecule has 246 valence electrons. The summed E-state index contributed by atoms with van der Waals surface area (Å²) in [6.07, 6.45) is -3.42. The minimum absolute atomic E-state index is 0.0163. The van der Waals surface area contributed by atoms with Gasteiger partial charge in [0.1, 0.15) is 5.60 Å². The van der Waals surface area contributed by atoms with Gasteiger partial charge in [-0.15, -0.1) is 0 Å². The zero-order valence-electron chi connectivity index (χ0n) is 22.8. The number of urea groups is 1. The Bertz CT molecular complexity index is 1590. The number of anilines is 1. The van der Waals surface area contributed by atoms with Crippen LogP contribution in [-0.2, 0) is 20.4 Å². The normalized spacial score (nSPS) is 16.1. The molecule has 12 nitrogen and oxygen atoms in total. The van der Waals surface area contributed by atoms with Gasteiger partial charge in [0.05, 0.1) is 26.9 Å². The lowest BCUT2D eigenvalue weighted by atomic mass is 9.97. The van der Waals surface area contributed by atoms with Crippen molar-refractivity contribution in [1.82, 2.24) is 19.7 Å². The molecule has 0 aliphatic carbocycles. The number of halogens is 8. The Morgan fingerprint density at radius 3 is 2.11 bits per heavy atom. The first kappa shape index (κ1) is 36.7. The summed E-state index contributed by atoms with van der Waals surface area (Å²) in [5.74, 6) is -1.02. The summed E-state index contributed by atoms with van der Waals surface area (Å²) in [6.45, 7) is -1.23. The van der Waals surface area contributed by atoms with Crippen LogP contribution >= 0.6 is 58.0 Å². The summed E-state index contributed by atoms with van der Waals surface area (Å²) >= 11 is 29.1. The second kappa shape index (κ2) is 14.8. The standard InChI is InChI=1S/C14H14F3N5O6S.C10H7Cl5O/c1-26-9-6-10(27-2)20-12(19-9)21-13(23)22-29(24,25)11-8(4-3-5-18-11)28-7-14(15,16)17;11-7-1-6(2-8(12)3-7)9(5-16-9)4-10(13,14)15/h3-6H,7H2,1-2H3,(H2,19,20,21,22,23);1-3H,4-5H2. The number of ether oxygens (including phenoxy) is 4. The van der Waals surface area contributed by atoms with E-state index in [-0.39, 0.29) is 24.1 Å². The Kier molecular flexibility index (Phi) is 12.1. The highest BCUT2D eigenvalue weighted by Gasteiger charge is 2.51. The molecule has 0 saturated carbocycles. The van der Waals surface area contributed by atoms with Gasteiger partial charge in [-0.2, -0.15) is 31.6 Å². The molecule has 1 aliphatic rings. The van der Waals surface area contributed by atoms with Crippen molar-refractivity contribution in [2.24, 2.45) is 0 Å². The molecule has 1 unspecified atom stereocenters. The molecule has 4 rings (SSSR count). The number of carbonyl (C=O) groups is 1. The largest absolute Gasteiger partial charge is 0.481 e. The van der Waals surface area contributed by atoms with E-state index in [1.165, 1.54) is 26.4 Å². The van der Waals surface area contributed by atoms with Crippen LogP contribution in [-0.4, -0.2) is 66.8 Å². The van der Waals surface area contributed by atoms with Gasteiger partial charge < -0.3 is 18.9 Å². The third-order valence-electron chi connectivity index (χ3n) is 5.30. The maximum Gasteiger partial charge on any atom is 0.422 e. The van der Waals surface area contributed by atoms with E-state index < -0.39 is 49.0 Å². The number of nitrogens with zero attached hydrogens (tertiary/aromatic N) is 3. The van der Waals surface area contributed by atoms with Crippen molar-refractivity contribution in [2.75, 3.05) is 32.8 Å². The van der Waals surface area contributed by atoms with Crippen molar-refractivity contribution in [3.05, 3.63) is 58.2 Å². The minimum atomic E-state index is -4.70. The molecule has 3 heterocycles. The van der Waals surface area contributed by atoms with Gasteiger partial charge in [0.25, 0.3) is 10.0 Å². The Labute approximate surface area is 279 Å². The predicted molar refractivity (Wildman–Crippen MR) is 159 cm³/mol. The second-order valence-electron chi connectivity index (χ2n) is 8.78. The predicted octanol–water partition coefficient (Wildman–Crippen LogP) is 6.32. The summed E-state index contributed by atoms with van der Waals surface area (Å²) in [4.78, 5) is 23.0. The van der Waals surface area contributed by atoms with Crippen LogP contribution in [0.2, 0.25) is 10.0 Å². The first-order valence-electron chi connectivity index (χ1n) is 12.0. The SMILES string of the molecule is COc1cc(OC)nc(NC(=O)NS(=O)(=O)c2ncccc2OCC(F)(F)F)n1.Clc1cc(Cl)cc(C2(CC(Cl)(Cl)Cl)CO2)c1. The van der Waals surface area contributed by atoms with Crippen LogP contribution in [0.5, 0.6) is 17.5 Å². The molecular formula is C24H21Cl5F3N5O7S. The number of epoxide rings is 1. The summed E-state index contributed by atoms with van der Waals surface area (Å²) in [5, 5.41) is 2.21. The monoisotopic (exact) mass is 755 g/mol. The van der Waals surface area contributed by atoms with Crippen LogP contribution in [0.3, 0.4) is 0 Å². The molecule has 1 aromatic carbocycles. The number of nitrogens with one attached hydrogen (secondary N) is 2. The maximum atomic E-state index is 12.3. The topological polar surface area (TPSA) is 154 Å². The van der Waals surface area contributed by atoms with Crippen LogP contribution in [0, 0.1) is 0 Å². The number of hydrogen-bond donors (Lipinski definition) is 2. The molecule has 2 aromatic heterocycles. The van der Waals surface area contributed by atoms with Crippen LogP contribution in [0.25, 0.3) is 0 Å². The van der Waals surface area contributed by atoms with E-state index >= 15 is 0 Å². The number of carbonyl (C=O) groups excluding carboxylic acids is 1. The number of pyridine rings is 1. The van der Waals surface area contributed by atoms with E-state index in [1.807, 2.05) is 5.32 Å². The quantitative estimate of drug-likeness (QED) is 0.187. The number of hydrogen-bond acceptors (Lipinski definition) is 10. The lowest BCUT2D eigenvalue weighted by Gasteiger charge is -2.18. The molecule has 1 fully saturated rings. The van der Waals surface area contributed by atoms with Gasteiger partial charge in [-0.1, -0.05) is 58.0 Å². The molecule has 0 spiro atoms. The van der Waals surface area contributed by atoms with Gasteiger partial charge in [-0.3, -0.25) is 5.32 Å². The lowest BCUT2D eigenvalue weighted by Crippen LogP contribution is -2.35. The van der Waals surface area contributed by atoms with Crippen LogP contribution in [0.15, 0.2) is 47.6 Å². The number of aromatic nitrogens is 3. The Morgan fingerprint density at radius 1 is 1.04 bits per heavy atom. The van der Waals surface area contributed by atoms with E-state index in [0.29, 0.717) is 16.7 Å². The molecule has 0 radical (unpaired) electrons. The highest BCUT2D eigenvalue weighted by Crippen LogP contribution is 2.50. The van der Waals surface area contributed by atoms with Crippen molar-refractivity contribution >= 4 is 80.0 Å². The lowest BCUT2D eigenvalue weighted by molar-refractivity contribution is -0.153. The molecule has 1 aliphatic heterocycles. The Balaban J connectivity index is 0.000000289. The highest BCUT2D eigenvalue weighted by molar-refractivity contribution is 7.90. The number of sulfonamides is 1. The van der Waals surface area contributed by atoms with Crippen molar-refractivity contribution in [3.8, 4) is 17.5 Å². The third kappa shape index (κ3) is 11.5. The molecule has 3 aromatic rings. The van der Waals surface area contributed by atoms with Gasteiger partial charge in [-0.25, -0.2) is 14.5 Å². The molecular weight excluding hydrogens is 737 g/mol. The first-order valence-corrected chi connectivity index (χ1v) is 15.3. The molecule has 2 N–H and O–H groups in total. The van der Waals surface area contributed by atoms with E-state index in [2.05, 4.69) is 19.7 Å². The van der Waals surface area contributed by atoms with Gasteiger partial charge in [0, 0.05) is 22.7 Å².